The molecule has 0 aliphatic rings. The van der Waals surface area contributed by atoms with Gasteiger partial charge in [0, 0.05) is 13.1 Å². The Hall–Kier alpha value is -1.30. The van der Waals surface area contributed by atoms with Gasteiger partial charge in [-0.3, -0.25) is 0 Å². The van der Waals surface area contributed by atoms with Crippen molar-refractivity contribution in [1.82, 2.24) is 10.2 Å². The number of carbonyl (C=O) groups is 2. The lowest BCUT2D eigenvalue weighted by Crippen LogP contribution is -2.51. The molecule has 0 spiro atoms. The van der Waals surface area contributed by atoms with Crippen molar-refractivity contribution in [2.45, 2.75) is 33.2 Å². The predicted octanol–water partition coefficient (Wildman–Crippen LogP) is 0.509. The second-order valence-corrected chi connectivity index (χ2v) is 3.95. The second-order valence-electron chi connectivity index (χ2n) is 3.95. The van der Waals surface area contributed by atoms with Crippen LogP contribution in [0.2, 0.25) is 0 Å². The molecular weight excluding hydrogens is 224 g/mol. The van der Waals surface area contributed by atoms with Crippen LogP contribution in [0.3, 0.4) is 0 Å². The minimum atomic E-state index is -1.03. The Labute approximate surface area is 102 Å². The van der Waals surface area contributed by atoms with E-state index in [0.29, 0.717) is 13.0 Å². The molecule has 2 amide bonds. The molecule has 0 saturated carbocycles. The minimum Gasteiger partial charge on any atom is -0.480 e. The first-order valence-electron chi connectivity index (χ1n) is 5.86. The lowest BCUT2D eigenvalue weighted by Gasteiger charge is -2.25. The van der Waals surface area contributed by atoms with Gasteiger partial charge in [0.25, 0.3) is 0 Å². The van der Waals surface area contributed by atoms with Crippen LogP contribution in [0.4, 0.5) is 4.79 Å². The summed E-state index contributed by atoms with van der Waals surface area (Å²) >= 11 is 0. The summed E-state index contributed by atoms with van der Waals surface area (Å²) in [5.74, 6) is -1.17. The van der Waals surface area contributed by atoms with Crippen LogP contribution in [0.15, 0.2) is 0 Å². The van der Waals surface area contributed by atoms with Gasteiger partial charge in [0.05, 0.1) is 6.61 Å². The molecule has 0 aromatic heterocycles. The van der Waals surface area contributed by atoms with Crippen molar-refractivity contribution >= 4 is 12.0 Å². The highest BCUT2D eigenvalue weighted by Crippen LogP contribution is 2.08. The molecule has 3 N–H and O–H groups in total. The number of carbonyl (C=O) groups excluding carboxylic acids is 1. The molecule has 0 saturated heterocycles. The number of likely N-dealkylation sites (N-methyl/N-ethyl adjacent to an activating group) is 1. The van der Waals surface area contributed by atoms with Crippen LogP contribution in [0.1, 0.15) is 27.2 Å². The van der Waals surface area contributed by atoms with Gasteiger partial charge in [0.15, 0.2) is 0 Å². The molecule has 6 heteroatoms. The number of nitrogens with one attached hydrogen (secondary N) is 1. The Kier molecular flexibility index (Phi) is 7.29. The lowest BCUT2D eigenvalue weighted by atomic mass is 9.99. The highest BCUT2D eigenvalue weighted by molar-refractivity contribution is 5.82. The third-order valence-electron chi connectivity index (χ3n) is 2.80. The molecule has 1 unspecified atom stereocenters. The monoisotopic (exact) mass is 246 g/mol. The second kappa shape index (κ2) is 7.89. The van der Waals surface area contributed by atoms with Crippen molar-refractivity contribution in [3.05, 3.63) is 0 Å². The molecular formula is C11H22N2O4. The molecule has 0 aliphatic carbocycles. The number of hydrogen-bond acceptors (Lipinski definition) is 3. The zero-order chi connectivity index (χ0) is 13.4. The van der Waals surface area contributed by atoms with Gasteiger partial charge >= 0.3 is 12.0 Å². The van der Waals surface area contributed by atoms with E-state index in [4.69, 9.17) is 10.2 Å². The molecule has 0 aromatic rings. The third-order valence-corrected chi connectivity index (χ3v) is 2.80. The van der Waals surface area contributed by atoms with E-state index < -0.39 is 18.0 Å². The average Bonchev–Trinajstić information content (AvgIpc) is 2.31. The number of aliphatic hydroxyl groups excluding tert-OH is 1. The Morgan fingerprint density at radius 3 is 2.29 bits per heavy atom. The number of hydrogen-bond donors (Lipinski definition) is 3. The maximum absolute atomic E-state index is 11.7. The zero-order valence-corrected chi connectivity index (χ0v) is 10.6. The van der Waals surface area contributed by atoms with Gasteiger partial charge in [-0.05, 0) is 12.8 Å². The molecule has 6 nitrogen and oxygen atoms in total. The van der Waals surface area contributed by atoms with Crippen molar-refractivity contribution < 1.29 is 19.8 Å². The fourth-order valence-electron chi connectivity index (χ4n) is 1.43. The van der Waals surface area contributed by atoms with E-state index >= 15 is 0 Å². The average molecular weight is 246 g/mol. The molecule has 0 radical (unpaired) electrons. The van der Waals surface area contributed by atoms with E-state index in [1.54, 1.807) is 13.8 Å². The van der Waals surface area contributed by atoms with Gasteiger partial charge < -0.3 is 20.4 Å². The first-order chi connectivity index (χ1) is 7.97. The normalized spacial score (nSPS) is 13.9. The SMILES string of the molecule is CCC(C)[C@H](NC(=O)N(CC)CCO)C(=O)O. The van der Waals surface area contributed by atoms with Crippen molar-refractivity contribution in [2.75, 3.05) is 19.7 Å². The summed E-state index contributed by atoms with van der Waals surface area (Å²) in [5, 5.41) is 20.3. The van der Waals surface area contributed by atoms with Crippen LogP contribution in [-0.4, -0.2) is 52.9 Å². The number of nitrogens with zero attached hydrogens (tertiary/aromatic N) is 1. The van der Waals surface area contributed by atoms with Gasteiger partial charge in [0.2, 0.25) is 0 Å². The number of amides is 2. The Bertz CT molecular complexity index is 258. The molecule has 0 fully saturated rings. The summed E-state index contributed by atoms with van der Waals surface area (Å²) in [6.07, 6.45) is 0.670. The molecule has 0 aromatic carbocycles. The number of carboxylic acids is 1. The van der Waals surface area contributed by atoms with Gasteiger partial charge in [-0.1, -0.05) is 20.3 Å². The van der Waals surface area contributed by atoms with Gasteiger partial charge in [-0.15, -0.1) is 0 Å². The summed E-state index contributed by atoms with van der Waals surface area (Å²) in [4.78, 5) is 24.1. The fourth-order valence-corrected chi connectivity index (χ4v) is 1.43. The summed E-state index contributed by atoms with van der Waals surface area (Å²) in [5.41, 5.74) is 0. The Morgan fingerprint density at radius 1 is 1.35 bits per heavy atom. The van der Waals surface area contributed by atoms with Crippen molar-refractivity contribution in [3.63, 3.8) is 0 Å². The summed E-state index contributed by atoms with van der Waals surface area (Å²) in [7, 11) is 0. The first kappa shape index (κ1) is 15.7. The van der Waals surface area contributed by atoms with Gasteiger partial charge in [0.1, 0.15) is 6.04 Å². The number of aliphatic hydroxyl groups is 1. The number of urea groups is 1. The van der Waals surface area contributed by atoms with Crippen LogP contribution in [-0.2, 0) is 4.79 Å². The predicted molar refractivity (Wildman–Crippen MR) is 63.7 cm³/mol. The Morgan fingerprint density at radius 2 is 1.94 bits per heavy atom. The van der Waals surface area contributed by atoms with Crippen molar-refractivity contribution in [1.29, 1.82) is 0 Å². The molecule has 2 atom stereocenters. The van der Waals surface area contributed by atoms with Gasteiger partial charge in [-0.25, -0.2) is 9.59 Å². The van der Waals surface area contributed by atoms with Crippen LogP contribution >= 0.6 is 0 Å². The number of rotatable bonds is 7. The molecule has 0 heterocycles. The van der Waals surface area contributed by atoms with E-state index in [9.17, 15) is 9.59 Å². The highest BCUT2D eigenvalue weighted by atomic mass is 16.4. The van der Waals surface area contributed by atoms with Crippen LogP contribution < -0.4 is 5.32 Å². The van der Waals surface area contributed by atoms with Crippen molar-refractivity contribution in [3.8, 4) is 0 Å². The largest absolute Gasteiger partial charge is 0.480 e. The maximum Gasteiger partial charge on any atom is 0.326 e. The van der Waals surface area contributed by atoms with E-state index in [0.717, 1.165) is 0 Å². The topological polar surface area (TPSA) is 89.9 Å². The van der Waals surface area contributed by atoms with Gasteiger partial charge in [-0.2, -0.15) is 0 Å². The molecule has 0 bridgehead atoms. The van der Waals surface area contributed by atoms with Crippen molar-refractivity contribution in [2.24, 2.45) is 5.92 Å². The van der Waals surface area contributed by atoms with E-state index in [1.165, 1.54) is 4.90 Å². The fraction of sp³-hybridized carbons (Fsp3) is 0.818. The summed E-state index contributed by atoms with van der Waals surface area (Å²) in [6.45, 7) is 5.92. The highest BCUT2D eigenvalue weighted by Gasteiger charge is 2.26. The third kappa shape index (κ3) is 5.04. The molecule has 0 aliphatic heterocycles. The molecule has 0 rings (SSSR count). The molecule has 100 valence electrons. The van der Waals surface area contributed by atoms with E-state index in [1.807, 2.05) is 6.92 Å². The van der Waals surface area contributed by atoms with E-state index in [2.05, 4.69) is 5.32 Å². The smallest absolute Gasteiger partial charge is 0.326 e. The summed E-state index contributed by atoms with van der Waals surface area (Å²) in [6, 6.07) is -1.34. The van der Waals surface area contributed by atoms with Crippen LogP contribution in [0.25, 0.3) is 0 Å². The van der Waals surface area contributed by atoms with Crippen LogP contribution in [0, 0.1) is 5.92 Å². The summed E-state index contributed by atoms with van der Waals surface area (Å²) < 4.78 is 0. The maximum atomic E-state index is 11.7. The number of aliphatic carboxylic acids is 1. The molecule has 17 heavy (non-hydrogen) atoms. The van der Waals surface area contributed by atoms with E-state index in [-0.39, 0.29) is 19.1 Å². The zero-order valence-electron chi connectivity index (χ0n) is 10.6. The first-order valence-corrected chi connectivity index (χ1v) is 5.86. The lowest BCUT2D eigenvalue weighted by molar-refractivity contribution is -0.140. The van der Waals surface area contributed by atoms with Crippen LogP contribution in [0.5, 0.6) is 0 Å². The minimum absolute atomic E-state index is 0.135. The Balaban J connectivity index is 4.53. The number of carboxylic acid groups (broad SMARTS) is 1. The standard InChI is InChI=1S/C11H22N2O4/c1-4-8(3)9(10(15)16)12-11(17)13(5-2)6-7-14/h8-9,14H,4-7H2,1-3H3,(H,12,17)(H,15,16)/t8?,9-/m0/s1. The quantitative estimate of drug-likeness (QED) is 0.610.